The van der Waals surface area contributed by atoms with E-state index in [9.17, 15) is 4.79 Å². The highest BCUT2D eigenvalue weighted by molar-refractivity contribution is 5.78. The Bertz CT molecular complexity index is 922. The number of benzene rings is 2. The molecule has 2 unspecified atom stereocenters. The molecule has 0 saturated carbocycles. The van der Waals surface area contributed by atoms with E-state index < -0.39 is 0 Å². The topological polar surface area (TPSA) is 60.9 Å². The van der Waals surface area contributed by atoms with Crippen molar-refractivity contribution in [1.29, 1.82) is 0 Å². The Balaban J connectivity index is 1.49. The molecule has 0 aliphatic carbocycles. The zero-order valence-corrected chi connectivity index (χ0v) is 16.6. The number of para-hydroxylation sites is 1. The summed E-state index contributed by atoms with van der Waals surface area (Å²) in [6.45, 7) is 1.20. The van der Waals surface area contributed by atoms with Crippen LogP contribution in [0.15, 0.2) is 85.1 Å². The molecule has 1 aliphatic rings. The van der Waals surface area contributed by atoms with E-state index in [1.54, 1.807) is 12.3 Å². The summed E-state index contributed by atoms with van der Waals surface area (Å²) in [6, 6.07) is 24.5. The Kier molecular flexibility index (Phi) is 6.57. The Morgan fingerprint density at radius 3 is 2.43 bits per heavy atom. The van der Waals surface area contributed by atoms with Crippen LogP contribution in [0, 0.1) is 0 Å². The SMILES string of the molecule is O=C(COc1ccccc1)N1CCOC(COc2ccccn2)C1c1ccccc1. The van der Waals surface area contributed by atoms with Gasteiger partial charge in [0.25, 0.3) is 5.91 Å². The minimum Gasteiger partial charge on any atom is -0.484 e. The molecule has 1 amide bonds. The maximum Gasteiger partial charge on any atom is 0.261 e. The van der Waals surface area contributed by atoms with E-state index in [1.807, 2.05) is 77.7 Å². The highest BCUT2D eigenvalue weighted by Gasteiger charge is 2.37. The maximum absolute atomic E-state index is 13.1. The highest BCUT2D eigenvalue weighted by Crippen LogP contribution is 2.30. The minimum atomic E-state index is -0.316. The van der Waals surface area contributed by atoms with Gasteiger partial charge in [0.15, 0.2) is 6.61 Å². The van der Waals surface area contributed by atoms with Gasteiger partial charge >= 0.3 is 0 Å². The number of aromatic nitrogens is 1. The molecule has 0 radical (unpaired) electrons. The third-order valence-electron chi connectivity index (χ3n) is 4.95. The summed E-state index contributed by atoms with van der Waals surface area (Å²) in [5.41, 5.74) is 1.000. The summed E-state index contributed by atoms with van der Waals surface area (Å²) >= 11 is 0. The van der Waals surface area contributed by atoms with E-state index in [2.05, 4.69) is 4.98 Å². The molecule has 2 heterocycles. The molecule has 6 heteroatoms. The summed E-state index contributed by atoms with van der Waals surface area (Å²) in [6.07, 6.45) is 1.37. The number of ether oxygens (including phenoxy) is 3. The molecule has 1 fully saturated rings. The van der Waals surface area contributed by atoms with Crippen LogP contribution in [-0.4, -0.2) is 48.3 Å². The molecule has 1 aromatic heterocycles. The maximum atomic E-state index is 13.1. The lowest BCUT2D eigenvalue weighted by Gasteiger charge is -2.41. The summed E-state index contributed by atoms with van der Waals surface area (Å²) in [4.78, 5) is 19.1. The van der Waals surface area contributed by atoms with Gasteiger partial charge in [-0.2, -0.15) is 0 Å². The predicted molar refractivity (Wildman–Crippen MR) is 112 cm³/mol. The third-order valence-corrected chi connectivity index (χ3v) is 4.95. The van der Waals surface area contributed by atoms with Crippen molar-refractivity contribution in [2.24, 2.45) is 0 Å². The lowest BCUT2D eigenvalue weighted by atomic mass is 9.98. The minimum absolute atomic E-state index is 0.0266. The molecular weight excluding hydrogens is 380 g/mol. The number of hydrogen-bond acceptors (Lipinski definition) is 5. The molecule has 1 aliphatic heterocycles. The van der Waals surface area contributed by atoms with Gasteiger partial charge in [-0.05, 0) is 23.8 Å². The van der Waals surface area contributed by atoms with Crippen molar-refractivity contribution in [1.82, 2.24) is 9.88 Å². The molecule has 0 bridgehead atoms. The molecule has 0 spiro atoms. The average Bonchev–Trinajstić information content (AvgIpc) is 2.83. The van der Waals surface area contributed by atoms with Crippen molar-refractivity contribution in [2.75, 3.05) is 26.4 Å². The summed E-state index contributed by atoms with van der Waals surface area (Å²) < 4.78 is 17.6. The van der Waals surface area contributed by atoms with Crippen molar-refractivity contribution in [2.45, 2.75) is 12.1 Å². The number of hydrogen-bond donors (Lipinski definition) is 0. The van der Waals surface area contributed by atoms with Gasteiger partial charge < -0.3 is 19.1 Å². The fourth-order valence-electron chi connectivity index (χ4n) is 3.54. The first kappa shape index (κ1) is 19.9. The smallest absolute Gasteiger partial charge is 0.261 e. The van der Waals surface area contributed by atoms with Gasteiger partial charge in [-0.1, -0.05) is 54.6 Å². The van der Waals surface area contributed by atoms with Crippen LogP contribution >= 0.6 is 0 Å². The Hall–Kier alpha value is -3.38. The van der Waals surface area contributed by atoms with Gasteiger partial charge in [-0.3, -0.25) is 4.79 Å². The van der Waals surface area contributed by atoms with Gasteiger partial charge in [0.2, 0.25) is 5.88 Å². The first-order valence-corrected chi connectivity index (χ1v) is 9.99. The molecule has 30 heavy (non-hydrogen) atoms. The fraction of sp³-hybridized carbons (Fsp3) is 0.250. The number of morpholine rings is 1. The lowest BCUT2D eigenvalue weighted by Crippen LogP contribution is -2.51. The van der Waals surface area contributed by atoms with E-state index in [4.69, 9.17) is 14.2 Å². The molecule has 6 nitrogen and oxygen atoms in total. The quantitative estimate of drug-likeness (QED) is 0.603. The molecule has 1 saturated heterocycles. The van der Waals surface area contributed by atoms with Crippen molar-refractivity contribution >= 4 is 5.91 Å². The van der Waals surface area contributed by atoms with Gasteiger partial charge in [0.05, 0.1) is 12.6 Å². The van der Waals surface area contributed by atoms with Crippen molar-refractivity contribution in [3.63, 3.8) is 0 Å². The van der Waals surface area contributed by atoms with Crippen LogP contribution in [0.25, 0.3) is 0 Å². The second-order valence-corrected chi connectivity index (χ2v) is 6.93. The van der Waals surface area contributed by atoms with Crippen LogP contribution in [0.4, 0.5) is 0 Å². The van der Waals surface area contributed by atoms with E-state index in [1.165, 1.54) is 0 Å². The van der Waals surface area contributed by atoms with Crippen LogP contribution in [0.2, 0.25) is 0 Å². The second-order valence-electron chi connectivity index (χ2n) is 6.93. The standard InChI is InChI=1S/C24H24N2O4/c27-23(18-29-20-11-5-2-6-12-20)26-15-16-28-21(17-30-22-13-7-8-14-25-22)24(26)19-9-3-1-4-10-19/h1-14,21,24H,15-18H2. The molecule has 154 valence electrons. The number of amides is 1. The third kappa shape index (κ3) is 4.96. The Morgan fingerprint density at radius 1 is 0.967 bits per heavy atom. The van der Waals surface area contributed by atoms with Crippen LogP contribution in [-0.2, 0) is 9.53 Å². The lowest BCUT2D eigenvalue weighted by molar-refractivity contribution is -0.151. The average molecular weight is 404 g/mol. The number of carbonyl (C=O) groups is 1. The fourth-order valence-corrected chi connectivity index (χ4v) is 3.54. The summed E-state index contributed by atoms with van der Waals surface area (Å²) in [5, 5.41) is 0. The van der Waals surface area contributed by atoms with E-state index in [-0.39, 0.29) is 24.7 Å². The van der Waals surface area contributed by atoms with E-state index in [0.717, 1.165) is 5.56 Å². The summed E-state index contributed by atoms with van der Waals surface area (Å²) in [7, 11) is 0. The van der Waals surface area contributed by atoms with Crippen LogP contribution in [0.1, 0.15) is 11.6 Å². The first-order chi connectivity index (χ1) is 14.8. The van der Waals surface area contributed by atoms with Gasteiger partial charge in [-0.15, -0.1) is 0 Å². The normalized spacial score (nSPS) is 18.6. The van der Waals surface area contributed by atoms with Gasteiger partial charge in [-0.25, -0.2) is 4.98 Å². The zero-order chi connectivity index (χ0) is 20.6. The van der Waals surface area contributed by atoms with Crippen LogP contribution < -0.4 is 9.47 Å². The van der Waals surface area contributed by atoms with Gasteiger partial charge in [0, 0.05) is 18.8 Å². The summed E-state index contributed by atoms with van der Waals surface area (Å²) in [5.74, 6) is 1.12. The Morgan fingerprint density at radius 2 is 1.70 bits per heavy atom. The number of nitrogens with zero attached hydrogens (tertiary/aromatic N) is 2. The molecule has 2 atom stereocenters. The van der Waals surface area contributed by atoms with Crippen LogP contribution in [0.3, 0.4) is 0 Å². The van der Waals surface area contributed by atoms with Crippen molar-refractivity contribution in [3.8, 4) is 11.6 Å². The number of rotatable bonds is 7. The Labute approximate surface area is 176 Å². The van der Waals surface area contributed by atoms with Gasteiger partial charge in [0.1, 0.15) is 18.5 Å². The van der Waals surface area contributed by atoms with Crippen molar-refractivity contribution in [3.05, 3.63) is 90.6 Å². The van der Waals surface area contributed by atoms with Crippen LogP contribution in [0.5, 0.6) is 11.6 Å². The number of carbonyl (C=O) groups excluding carboxylic acids is 1. The van der Waals surface area contributed by atoms with Crippen molar-refractivity contribution < 1.29 is 19.0 Å². The first-order valence-electron chi connectivity index (χ1n) is 9.99. The molecule has 0 N–H and O–H groups in total. The molecular formula is C24H24N2O4. The molecule has 4 rings (SSSR count). The predicted octanol–water partition coefficient (Wildman–Crippen LogP) is 3.51. The zero-order valence-electron chi connectivity index (χ0n) is 16.6. The monoisotopic (exact) mass is 404 g/mol. The second kappa shape index (κ2) is 9.89. The van der Waals surface area contributed by atoms with E-state index >= 15 is 0 Å². The van der Waals surface area contributed by atoms with E-state index in [0.29, 0.717) is 31.4 Å². The molecule has 2 aromatic carbocycles. The highest BCUT2D eigenvalue weighted by atomic mass is 16.5. The number of pyridine rings is 1. The largest absolute Gasteiger partial charge is 0.484 e. The molecule has 3 aromatic rings.